The summed E-state index contributed by atoms with van der Waals surface area (Å²) >= 11 is 4.60. The molecule has 1 amide bonds. The second-order valence-electron chi connectivity index (χ2n) is 8.03. The highest BCUT2D eigenvalue weighted by atomic mass is 79.9. The number of pyridine rings is 1. The number of hydrogen-bond donors (Lipinski definition) is 2. The number of carbonyl (C=O) groups excluding carboxylic acids is 2. The molecule has 0 saturated heterocycles. The summed E-state index contributed by atoms with van der Waals surface area (Å²) in [5.74, 6) is -0.176. The predicted molar refractivity (Wildman–Crippen MR) is 131 cm³/mol. The van der Waals surface area contributed by atoms with Crippen molar-refractivity contribution in [3.8, 4) is 0 Å². The number of rotatable bonds is 6. The summed E-state index contributed by atoms with van der Waals surface area (Å²) in [6.07, 6.45) is 1.82. The molecule has 8 nitrogen and oxygen atoms in total. The zero-order chi connectivity index (χ0) is 23.9. The minimum Gasteiger partial charge on any atom is -0.397 e. The number of nitrogens with one attached hydrogen (secondary N) is 1. The third-order valence-electron chi connectivity index (χ3n) is 5.42. The SMILES string of the molecule is Cc1nc2sc(C(=O)Nc3c[n+](C(C)C)no3)c(N)c2c(C)c1CC(=O)c1ccc(Br)cc1. The van der Waals surface area contributed by atoms with Crippen molar-refractivity contribution in [1.82, 2.24) is 10.3 Å². The Morgan fingerprint density at radius 2 is 1.94 bits per heavy atom. The molecule has 0 atom stereocenters. The van der Waals surface area contributed by atoms with Crippen molar-refractivity contribution in [2.75, 3.05) is 11.1 Å². The Labute approximate surface area is 202 Å². The Morgan fingerprint density at radius 3 is 2.58 bits per heavy atom. The van der Waals surface area contributed by atoms with Gasteiger partial charge in [0.05, 0.1) is 5.69 Å². The van der Waals surface area contributed by atoms with Crippen LogP contribution < -0.4 is 15.7 Å². The zero-order valence-corrected chi connectivity index (χ0v) is 21.0. The first-order valence-electron chi connectivity index (χ1n) is 10.3. The van der Waals surface area contributed by atoms with Gasteiger partial charge in [-0.2, -0.15) is 0 Å². The van der Waals surface area contributed by atoms with Crippen LogP contribution in [0.25, 0.3) is 10.2 Å². The molecule has 3 heterocycles. The number of halogens is 1. The molecular formula is C23H23BrN5O3S+. The van der Waals surface area contributed by atoms with Crippen molar-refractivity contribution in [2.24, 2.45) is 0 Å². The number of thiophene rings is 1. The maximum absolute atomic E-state index is 12.9. The van der Waals surface area contributed by atoms with Crippen LogP contribution in [0.2, 0.25) is 0 Å². The highest BCUT2D eigenvalue weighted by molar-refractivity contribution is 9.10. The second-order valence-corrected chi connectivity index (χ2v) is 9.94. The fraction of sp³-hybridized carbons (Fsp3) is 0.261. The molecule has 0 unspecified atom stereocenters. The largest absolute Gasteiger partial charge is 0.397 e. The fourth-order valence-electron chi connectivity index (χ4n) is 3.57. The highest BCUT2D eigenvalue weighted by Crippen LogP contribution is 2.37. The van der Waals surface area contributed by atoms with E-state index in [0.29, 0.717) is 26.3 Å². The number of nitrogen functional groups attached to an aromatic ring is 1. The molecular weight excluding hydrogens is 506 g/mol. The van der Waals surface area contributed by atoms with E-state index in [0.717, 1.165) is 21.3 Å². The van der Waals surface area contributed by atoms with Crippen LogP contribution in [0.1, 0.15) is 56.7 Å². The monoisotopic (exact) mass is 528 g/mol. The first-order valence-corrected chi connectivity index (χ1v) is 11.9. The van der Waals surface area contributed by atoms with E-state index in [1.807, 2.05) is 39.8 Å². The van der Waals surface area contributed by atoms with E-state index >= 15 is 0 Å². The van der Waals surface area contributed by atoms with Crippen molar-refractivity contribution in [2.45, 2.75) is 40.2 Å². The first kappa shape index (κ1) is 23.1. The summed E-state index contributed by atoms with van der Waals surface area (Å²) in [7, 11) is 0. The first-order chi connectivity index (χ1) is 15.7. The molecule has 3 aromatic heterocycles. The minimum atomic E-state index is -0.396. The van der Waals surface area contributed by atoms with Gasteiger partial charge in [-0.1, -0.05) is 28.1 Å². The molecule has 0 aliphatic heterocycles. The van der Waals surface area contributed by atoms with E-state index in [-0.39, 0.29) is 24.1 Å². The smallest absolute Gasteiger partial charge is 0.302 e. The molecule has 4 rings (SSSR count). The van der Waals surface area contributed by atoms with Crippen LogP contribution in [-0.2, 0) is 6.42 Å². The number of anilines is 2. The lowest BCUT2D eigenvalue weighted by Gasteiger charge is -2.11. The fourth-order valence-corrected chi connectivity index (χ4v) is 4.93. The van der Waals surface area contributed by atoms with E-state index in [1.165, 1.54) is 11.3 Å². The van der Waals surface area contributed by atoms with Gasteiger partial charge in [-0.05, 0) is 55.6 Å². The van der Waals surface area contributed by atoms with Crippen molar-refractivity contribution in [3.63, 3.8) is 0 Å². The maximum Gasteiger partial charge on any atom is 0.302 e. The highest BCUT2D eigenvalue weighted by Gasteiger charge is 2.24. The lowest BCUT2D eigenvalue weighted by atomic mass is 9.96. The predicted octanol–water partition coefficient (Wildman–Crippen LogP) is 4.79. The number of ketones is 1. The summed E-state index contributed by atoms with van der Waals surface area (Å²) in [6.45, 7) is 7.68. The van der Waals surface area contributed by atoms with E-state index in [2.05, 4.69) is 31.5 Å². The van der Waals surface area contributed by atoms with Crippen LogP contribution in [0.5, 0.6) is 0 Å². The normalized spacial score (nSPS) is 11.3. The van der Waals surface area contributed by atoms with Crippen LogP contribution in [0.4, 0.5) is 11.6 Å². The number of Topliss-reactive ketones (excluding diaryl/α,β-unsaturated/α-hetero) is 1. The van der Waals surface area contributed by atoms with Crippen molar-refractivity contribution < 1.29 is 18.8 Å². The number of aromatic nitrogens is 3. The molecule has 0 fully saturated rings. The maximum atomic E-state index is 12.9. The van der Waals surface area contributed by atoms with Crippen molar-refractivity contribution in [3.05, 3.63) is 62.2 Å². The Hall–Kier alpha value is -3.11. The Bertz CT molecular complexity index is 1380. The minimum absolute atomic E-state index is 0.00889. The standard InChI is InChI=1S/C23H22BrN5O3S/c1-11(2)29-10-18(32-28-29)27-22(31)21-20(25)19-12(3)16(13(4)26-23(19)33-21)9-17(30)14-5-7-15(24)8-6-14/h5-8,10-11H,9H2,1-4H3,(H2-,25,27,28,31)/p+1. The van der Waals surface area contributed by atoms with Gasteiger partial charge in [0.25, 0.3) is 12.1 Å². The molecule has 0 saturated carbocycles. The summed E-state index contributed by atoms with van der Waals surface area (Å²) in [4.78, 5) is 31.4. The van der Waals surface area contributed by atoms with Gasteiger partial charge in [-0.3, -0.25) is 19.4 Å². The van der Waals surface area contributed by atoms with Gasteiger partial charge in [0, 0.05) is 27.5 Å². The molecule has 0 aliphatic carbocycles. The van der Waals surface area contributed by atoms with Gasteiger partial charge < -0.3 is 5.73 Å². The van der Waals surface area contributed by atoms with Gasteiger partial charge in [0.2, 0.25) is 5.27 Å². The Balaban J connectivity index is 1.65. The van der Waals surface area contributed by atoms with Crippen molar-refractivity contribution >= 4 is 60.7 Å². The summed E-state index contributed by atoms with van der Waals surface area (Å²) < 4.78 is 7.69. The molecule has 3 N–H and O–H groups in total. The number of fused-ring (bicyclic) bond motifs is 1. The molecule has 10 heteroatoms. The van der Waals surface area contributed by atoms with Crippen LogP contribution >= 0.6 is 27.3 Å². The number of amides is 1. The zero-order valence-electron chi connectivity index (χ0n) is 18.6. The molecule has 33 heavy (non-hydrogen) atoms. The van der Waals surface area contributed by atoms with Gasteiger partial charge in [0.1, 0.15) is 9.71 Å². The third kappa shape index (κ3) is 4.53. The number of benzene rings is 1. The second kappa shape index (κ2) is 9.03. The van der Waals surface area contributed by atoms with E-state index in [4.69, 9.17) is 10.3 Å². The van der Waals surface area contributed by atoms with Crippen LogP contribution in [0, 0.1) is 13.8 Å². The van der Waals surface area contributed by atoms with Crippen LogP contribution in [-0.4, -0.2) is 21.9 Å². The van der Waals surface area contributed by atoms with Crippen molar-refractivity contribution in [1.29, 1.82) is 0 Å². The number of nitrogens with two attached hydrogens (primary N) is 1. The summed E-state index contributed by atoms with van der Waals surface area (Å²) in [6, 6.07) is 7.36. The number of nitrogens with zero attached hydrogens (tertiary/aromatic N) is 3. The van der Waals surface area contributed by atoms with Crippen LogP contribution in [0.3, 0.4) is 0 Å². The Kier molecular flexibility index (Phi) is 6.31. The summed E-state index contributed by atoms with van der Waals surface area (Å²) in [5.41, 5.74) is 9.78. The number of carbonyl (C=O) groups is 2. The summed E-state index contributed by atoms with van der Waals surface area (Å²) in [5, 5.41) is 7.27. The van der Waals surface area contributed by atoms with E-state index < -0.39 is 5.91 Å². The molecule has 0 aliphatic rings. The van der Waals surface area contributed by atoms with E-state index in [1.54, 1.807) is 23.0 Å². The molecule has 4 aromatic rings. The molecule has 170 valence electrons. The average molecular weight is 529 g/mol. The average Bonchev–Trinajstić information content (AvgIpc) is 3.36. The quantitative estimate of drug-likeness (QED) is 0.274. The molecule has 0 bridgehead atoms. The molecule has 0 spiro atoms. The molecule has 1 aromatic carbocycles. The van der Waals surface area contributed by atoms with E-state index in [9.17, 15) is 9.59 Å². The topological polar surface area (TPSA) is 115 Å². The van der Waals surface area contributed by atoms with Gasteiger partial charge >= 0.3 is 5.88 Å². The third-order valence-corrected chi connectivity index (χ3v) is 7.05. The lowest BCUT2D eigenvalue weighted by molar-refractivity contribution is -0.779. The van der Waals surface area contributed by atoms with Crippen LogP contribution in [0.15, 0.2) is 39.5 Å². The van der Waals surface area contributed by atoms with Gasteiger partial charge in [0.15, 0.2) is 11.8 Å². The van der Waals surface area contributed by atoms with Gasteiger partial charge in [-0.15, -0.1) is 11.3 Å². The lowest BCUT2D eigenvalue weighted by Crippen LogP contribution is -2.36. The number of aryl methyl sites for hydroxylation is 2. The number of hydrogen-bond acceptors (Lipinski definition) is 7. The molecule has 0 radical (unpaired) electrons. The van der Waals surface area contributed by atoms with Gasteiger partial charge in [-0.25, -0.2) is 4.98 Å². The Morgan fingerprint density at radius 1 is 1.24 bits per heavy atom.